The first-order valence-electron chi connectivity index (χ1n) is 4.07. The fourth-order valence-electron chi connectivity index (χ4n) is 0.972. The van der Waals surface area contributed by atoms with E-state index >= 15 is 0 Å². The van der Waals surface area contributed by atoms with Gasteiger partial charge in [0, 0.05) is 11.8 Å². The SMILES string of the molecule is CSCC(C)Nc1nc(Cl)ncc1F. The Labute approximate surface area is 91.5 Å². The lowest BCUT2D eigenvalue weighted by molar-refractivity contribution is 0.614. The smallest absolute Gasteiger partial charge is 0.224 e. The van der Waals surface area contributed by atoms with Crippen LogP contribution in [0.25, 0.3) is 0 Å². The quantitative estimate of drug-likeness (QED) is 0.814. The van der Waals surface area contributed by atoms with Crippen molar-refractivity contribution in [1.82, 2.24) is 9.97 Å². The first kappa shape index (κ1) is 11.5. The average molecular weight is 236 g/mol. The summed E-state index contributed by atoms with van der Waals surface area (Å²) in [5.41, 5.74) is 0. The molecule has 1 aromatic heterocycles. The van der Waals surface area contributed by atoms with Crippen molar-refractivity contribution in [2.24, 2.45) is 0 Å². The monoisotopic (exact) mass is 235 g/mol. The highest BCUT2D eigenvalue weighted by molar-refractivity contribution is 7.98. The van der Waals surface area contributed by atoms with Gasteiger partial charge in [-0.1, -0.05) is 0 Å². The molecule has 1 heterocycles. The van der Waals surface area contributed by atoms with Crippen LogP contribution in [0.3, 0.4) is 0 Å². The molecule has 0 saturated heterocycles. The molecule has 0 radical (unpaired) electrons. The van der Waals surface area contributed by atoms with Crippen molar-refractivity contribution in [3.63, 3.8) is 0 Å². The molecule has 0 fully saturated rings. The van der Waals surface area contributed by atoms with E-state index < -0.39 is 5.82 Å². The Kier molecular flexibility index (Phi) is 4.41. The Morgan fingerprint density at radius 2 is 2.43 bits per heavy atom. The molecular formula is C8H11ClFN3S. The van der Waals surface area contributed by atoms with Crippen LogP contribution in [0.5, 0.6) is 0 Å². The van der Waals surface area contributed by atoms with Gasteiger partial charge in [-0.05, 0) is 24.8 Å². The highest BCUT2D eigenvalue weighted by Gasteiger charge is 2.08. The maximum atomic E-state index is 13.1. The number of nitrogens with zero attached hydrogens (tertiary/aromatic N) is 2. The average Bonchev–Trinajstić information content (AvgIpc) is 2.12. The summed E-state index contributed by atoms with van der Waals surface area (Å²) in [6, 6.07) is 0.144. The normalized spacial score (nSPS) is 12.6. The molecule has 1 aromatic rings. The molecule has 0 aliphatic heterocycles. The Morgan fingerprint density at radius 3 is 3.07 bits per heavy atom. The van der Waals surface area contributed by atoms with Crippen molar-refractivity contribution < 1.29 is 4.39 Å². The minimum Gasteiger partial charge on any atom is -0.364 e. The second-order valence-electron chi connectivity index (χ2n) is 2.84. The maximum Gasteiger partial charge on any atom is 0.224 e. The van der Waals surface area contributed by atoms with E-state index in [0.29, 0.717) is 0 Å². The number of aromatic nitrogens is 2. The zero-order chi connectivity index (χ0) is 10.6. The first-order chi connectivity index (χ1) is 6.63. The molecule has 6 heteroatoms. The molecular weight excluding hydrogens is 225 g/mol. The summed E-state index contributed by atoms with van der Waals surface area (Å²) in [5.74, 6) is 0.551. The van der Waals surface area contributed by atoms with Crippen LogP contribution >= 0.6 is 23.4 Å². The van der Waals surface area contributed by atoms with Crippen LogP contribution in [0, 0.1) is 5.82 Å². The zero-order valence-corrected chi connectivity index (χ0v) is 9.49. The Balaban J connectivity index is 2.70. The third-order valence-electron chi connectivity index (χ3n) is 1.51. The van der Waals surface area contributed by atoms with Crippen LogP contribution < -0.4 is 5.32 Å². The van der Waals surface area contributed by atoms with Gasteiger partial charge in [0.2, 0.25) is 5.28 Å². The van der Waals surface area contributed by atoms with E-state index in [4.69, 9.17) is 11.6 Å². The highest BCUT2D eigenvalue weighted by Crippen LogP contribution is 2.13. The topological polar surface area (TPSA) is 37.8 Å². The van der Waals surface area contributed by atoms with Crippen molar-refractivity contribution in [2.75, 3.05) is 17.3 Å². The standard InChI is InChI=1S/C8H11ClFN3S/c1-5(4-14-2)12-7-6(10)3-11-8(9)13-7/h3,5H,4H2,1-2H3,(H,11,12,13). The zero-order valence-electron chi connectivity index (χ0n) is 7.92. The predicted octanol–water partition coefficient (Wildman–Crippen LogP) is 2.43. The minimum atomic E-state index is -0.484. The fourth-order valence-corrected chi connectivity index (χ4v) is 1.69. The molecule has 1 unspecified atom stereocenters. The maximum absolute atomic E-state index is 13.1. The largest absolute Gasteiger partial charge is 0.364 e. The van der Waals surface area contributed by atoms with Crippen LogP contribution in [0.1, 0.15) is 6.92 Å². The number of thioether (sulfide) groups is 1. The number of halogens is 2. The first-order valence-corrected chi connectivity index (χ1v) is 5.84. The summed E-state index contributed by atoms with van der Waals surface area (Å²) in [5, 5.41) is 2.97. The van der Waals surface area contributed by atoms with Crippen LogP contribution in [0.15, 0.2) is 6.20 Å². The van der Waals surface area contributed by atoms with Gasteiger partial charge in [-0.2, -0.15) is 16.7 Å². The molecule has 3 nitrogen and oxygen atoms in total. The number of hydrogen-bond acceptors (Lipinski definition) is 4. The second kappa shape index (κ2) is 5.36. The Morgan fingerprint density at radius 1 is 1.71 bits per heavy atom. The van der Waals surface area contributed by atoms with Gasteiger partial charge in [-0.25, -0.2) is 9.37 Å². The van der Waals surface area contributed by atoms with E-state index in [2.05, 4.69) is 15.3 Å². The molecule has 0 bridgehead atoms. The molecule has 0 spiro atoms. The number of nitrogens with one attached hydrogen (secondary N) is 1. The summed E-state index contributed by atoms with van der Waals surface area (Å²) in [7, 11) is 0. The molecule has 0 amide bonds. The van der Waals surface area contributed by atoms with Crippen molar-refractivity contribution in [1.29, 1.82) is 0 Å². The van der Waals surface area contributed by atoms with Crippen LogP contribution in [-0.4, -0.2) is 28.0 Å². The molecule has 0 saturated carbocycles. The Bertz CT molecular complexity index is 311. The molecule has 14 heavy (non-hydrogen) atoms. The second-order valence-corrected chi connectivity index (χ2v) is 4.09. The predicted molar refractivity (Wildman–Crippen MR) is 58.5 cm³/mol. The van der Waals surface area contributed by atoms with Gasteiger partial charge in [0.15, 0.2) is 11.6 Å². The lowest BCUT2D eigenvalue weighted by atomic mass is 10.4. The Hall–Kier alpha value is -0.550. The van der Waals surface area contributed by atoms with E-state index in [1.165, 1.54) is 0 Å². The lowest BCUT2D eigenvalue weighted by Crippen LogP contribution is -2.19. The van der Waals surface area contributed by atoms with Gasteiger partial charge in [-0.3, -0.25) is 0 Å². The van der Waals surface area contributed by atoms with Gasteiger partial charge < -0.3 is 5.32 Å². The van der Waals surface area contributed by atoms with Crippen molar-refractivity contribution in [3.8, 4) is 0 Å². The van der Waals surface area contributed by atoms with E-state index in [9.17, 15) is 4.39 Å². The van der Waals surface area contributed by atoms with Gasteiger partial charge in [-0.15, -0.1) is 0 Å². The third kappa shape index (κ3) is 3.31. The van der Waals surface area contributed by atoms with Gasteiger partial charge >= 0.3 is 0 Å². The number of hydrogen-bond donors (Lipinski definition) is 1. The van der Waals surface area contributed by atoms with E-state index in [1.54, 1.807) is 11.8 Å². The number of anilines is 1. The van der Waals surface area contributed by atoms with Crippen molar-refractivity contribution >= 4 is 29.2 Å². The van der Waals surface area contributed by atoms with E-state index in [-0.39, 0.29) is 17.1 Å². The molecule has 0 aromatic carbocycles. The van der Waals surface area contributed by atoms with E-state index in [1.807, 2.05) is 13.2 Å². The summed E-state index contributed by atoms with van der Waals surface area (Å²) < 4.78 is 13.1. The minimum absolute atomic E-state index is 0.0465. The molecule has 0 aliphatic carbocycles. The van der Waals surface area contributed by atoms with Crippen LogP contribution in [0.4, 0.5) is 10.2 Å². The summed E-state index contributed by atoms with van der Waals surface area (Å²) in [6.45, 7) is 1.95. The summed E-state index contributed by atoms with van der Waals surface area (Å²) in [6.07, 6.45) is 3.05. The van der Waals surface area contributed by atoms with Crippen LogP contribution in [-0.2, 0) is 0 Å². The van der Waals surface area contributed by atoms with Gasteiger partial charge in [0.05, 0.1) is 6.20 Å². The lowest BCUT2D eigenvalue weighted by Gasteiger charge is -2.13. The van der Waals surface area contributed by atoms with Crippen molar-refractivity contribution in [2.45, 2.75) is 13.0 Å². The molecule has 1 atom stereocenters. The summed E-state index contributed by atoms with van der Waals surface area (Å²) in [4.78, 5) is 7.28. The van der Waals surface area contributed by atoms with E-state index in [0.717, 1.165) is 11.9 Å². The van der Waals surface area contributed by atoms with Crippen LogP contribution in [0.2, 0.25) is 5.28 Å². The number of rotatable bonds is 4. The summed E-state index contributed by atoms with van der Waals surface area (Å²) >= 11 is 7.22. The van der Waals surface area contributed by atoms with Gasteiger partial charge in [0.25, 0.3) is 0 Å². The third-order valence-corrected chi connectivity index (χ3v) is 2.53. The van der Waals surface area contributed by atoms with Gasteiger partial charge in [0.1, 0.15) is 0 Å². The molecule has 1 rings (SSSR count). The molecule has 78 valence electrons. The molecule has 0 aliphatic rings. The fraction of sp³-hybridized carbons (Fsp3) is 0.500. The molecule has 1 N–H and O–H groups in total. The van der Waals surface area contributed by atoms with Crippen molar-refractivity contribution in [3.05, 3.63) is 17.3 Å². The highest BCUT2D eigenvalue weighted by atomic mass is 35.5.